The summed E-state index contributed by atoms with van der Waals surface area (Å²) in [4.78, 5) is 6.04. The van der Waals surface area contributed by atoms with Crippen LogP contribution in [-0.4, -0.2) is 11.5 Å². The molecule has 0 fully saturated rings. The largest absolute Gasteiger partial charge is 0.305 e. The number of hydrogen-bond donors (Lipinski definition) is 1. The summed E-state index contributed by atoms with van der Waals surface area (Å²) in [5.74, 6) is 0. The molecule has 1 aliphatic rings. The molecule has 0 saturated carbocycles. The Labute approximate surface area is 112 Å². The van der Waals surface area contributed by atoms with Gasteiger partial charge in [0.1, 0.15) is 0 Å². The highest BCUT2D eigenvalue weighted by Crippen LogP contribution is 2.33. The molecule has 0 saturated heterocycles. The van der Waals surface area contributed by atoms with E-state index in [2.05, 4.69) is 48.4 Å². The molecule has 1 N–H and O–H groups in total. The second-order valence-corrected chi connectivity index (χ2v) is 6.01. The SMILES string of the molecule is CCc1ccc(C2NCCc3nc(C)sc32)cc1. The van der Waals surface area contributed by atoms with Gasteiger partial charge in [0, 0.05) is 17.8 Å². The van der Waals surface area contributed by atoms with Crippen molar-refractivity contribution in [3.63, 3.8) is 0 Å². The van der Waals surface area contributed by atoms with Gasteiger partial charge in [0.05, 0.1) is 16.7 Å². The van der Waals surface area contributed by atoms with Gasteiger partial charge in [-0.25, -0.2) is 4.98 Å². The number of nitrogens with one attached hydrogen (secondary N) is 1. The van der Waals surface area contributed by atoms with Crippen LogP contribution in [0.3, 0.4) is 0 Å². The van der Waals surface area contributed by atoms with Crippen LogP contribution in [0.1, 0.15) is 39.7 Å². The van der Waals surface area contributed by atoms with Gasteiger partial charge in [-0.2, -0.15) is 0 Å². The van der Waals surface area contributed by atoms with E-state index in [1.54, 1.807) is 0 Å². The van der Waals surface area contributed by atoms with E-state index in [9.17, 15) is 0 Å². The molecular weight excluding hydrogens is 240 g/mol. The lowest BCUT2D eigenvalue weighted by molar-refractivity contribution is 0.570. The molecule has 94 valence electrons. The lowest BCUT2D eigenvalue weighted by atomic mass is 9.98. The second-order valence-electron chi connectivity index (χ2n) is 4.78. The van der Waals surface area contributed by atoms with Crippen LogP contribution in [0.5, 0.6) is 0 Å². The third-order valence-corrected chi connectivity index (χ3v) is 4.61. The van der Waals surface area contributed by atoms with E-state index in [0.717, 1.165) is 19.4 Å². The number of aromatic nitrogens is 1. The quantitative estimate of drug-likeness (QED) is 0.894. The van der Waals surface area contributed by atoms with Gasteiger partial charge >= 0.3 is 0 Å². The molecule has 18 heavy (non-hydrogen) atoms. The molecule has 2 nitrogen and oxygen atoms in total. The molecule has 1 aliphatic heterocycles. The number of benzene rings is 1. The first-order valence-electron chi connectivity index (χ1n) is 6.56. The number of nitrogens with zero attached hydrogens (tertiary/aromatic N) is 1. The summed E-state index contributed by atoms with van der Waals surface area (Å²) in [6, 6.07) is 9.31. The van der Waals surface area contributed by atoms with Crippen LogP contribution in [0.4, 0.5) is 0 Å². The average Bonchev–Trinajstić information content (AvgIpc) is 2.79. The lowest BCUT2D eigenvalue weighted by Gasteiger charge is -2.23. The minimum atomic E-state index is 0.339. The molecule has 0 amide bonds. The molecule has 1 aromatic carbocycles. The Balaban J connectivity index is 1.97. The first-order chi connectivity index (χ1) is 8.78. The second kappa shape index (κ2) is 4.82. The van der Waals surface area contributed by atoms with Crippen molar-refractivity contribution in [2.24, 2.45) is 0 Å². The van der Waals surface area contributed by atoms with Crippen molar-refractivity contribution in [2.75, 3.05) is 6.54 Å². The van der Waals surface area contributed by atoms with Crippen LogP contribution in [0.15, 0.2) is 24.3 Å². The molecule has 0 bridgehead atoms. The van der Waals surface area contributed by atoms with Crippen molar-refractivity contribution >= 4 is 11.3 Å². The predicted molar refractivity (Wildman–Crippen MR) is 76.2 cm³/mol. The highest BCUT2D eigenvalue weighted by Gasteiger charge is 2.24. The Morgan fingerprint density at radius 2 is 2.11 bits per heavy atom. The first kappa shape index (κ1) is 11.9. The normalized spacial score (nSPS) is 18.7. The van der Waals surface area contributed by atoms with E-state index in [-0.39, 0.29) is 0 Å². The molecule has 3 heteroatoms. The fourth-order valence-corrected chi connectivity index (χ4v) is 3.61. The molecule has 2 aromatic rings. The van der Waals surface area contributed by atoms with E-state index in [1.165, 1.54) is 26.7 Å². The van der Waals surface area contributed by atoms with Crippen molar-refractivity contribution in [1.82, 2.24) is 10.3 Å². The van der Waals surface area contributed by atoms with Crippen molar-refractivity contribution in [1.29, 1.82) is 0 Å². The van der Waals surface area contributed by atoms with Crippen molar-refractivity contribution < 1.29 is 0 Å². The predicted octanol–water partition coefficient (Wildman–Crippen LogP) is 3.25. The van der Waals surface area contributed by atoms with Gasteiger partial charge in [-0.05, 0) is 24.5 Å². The zero-order valence-corrected chi connectivity index (χ0v) is 11.7. The fraction of sp³-hybridized carbons (Fsp3) is 0.400. The van der Waals surface area contributed by atoms with Crippen LogP contribution < -0.4 is 5.32 Å². The van der Waals surface area contributed by atoms with Gasteiger partial charge in [-0.15, -0.1) is 11.3 Å². The van der Waals surface area contributed by atoms with Crippen LogP contribution in [0.25, 0.3) is 0 Å². The van der Waals surface area contributed by atoms with Gasteiger partial charge in [-0.3, -0.25) is 0 Å². The Kier molecular flexibility index (Phi) is 3.18. The molecule has 3 rings (SSSR count). The molecule has 2 heterocycles. The van der Waals surface area contributed by atoms with Gasteiger partial charge in [-0.1, -0.05) is 31.2 Å². The Bertz CT molecular complexity index is 542. The fourth-order valence-electron chi connectivity index (χ4n) is 2.53. The van der Waals surface area contributed by atoms with Crippen molar-refractivity contribution in [2.45, 2.75) is 32.7 Å². The van der Waals surface area contributed by atoms with Crippen LogP contribution in [0, 0.1) is 6.92 Å². The summed E-state index contributed by atoms with van der Waals surface area (Å²) < 4.78 is 0. The maximum atomic E-state index is 4.64. The van der Waals surface area contributed by atoms with E-state index in [0.29, 0.717) is 6.04 Å². The molecule has 0 aliphatic carbocycles. The molecule has 0 radical (unpaired) electrons. The summed E-state index contributed by atoms with van der Waals surface area (Å²) in [6.07, 6.45) is 2.16. The van der Waals surface area contributed by atoms with E-state index >= 15 is 0 Å². The number of rotatable bonds is 2. The first-order valence-corrected chi connectivity index (χ1v) is 7.38. The number of fused-ring (bicyclic) bond motifs is 1. The lowest BCUT2D eigenvalue weighted by Crippen LogP contribution is -2.29. The van der Waals surface area contributed by atoms with Gasteiger partial charge in [0.25, 0.3) is 0 Å². The maximum Gasteiger partial charge on any atom is 0.0900 e. The molecule has 1 atom stereocenters. The summed E-state index contributed by atoms with van der Waals surface area (Å²) in [6.45, 7) is 5.31. The average molecular weight is 258 g/mol. The van der Waals surface area contributed by atoms with Gasteiger partial charge < -0.3 is 5.32 Å². The monoisotopic (exact) mass is 258 g/mol. The molecular formula is C15H18N2S. The minimum Gasteiger partial charge on any atom is -0.305 e. The van der Waals surface area contributed by atoms with Gasteiger partial charge in [0.15, 0.2) is 0 Å². The number of hydrogen-bond acceptors (Lipinski definition) is 3. The minimum absolute atomic E-state index is 0.339. The molecule has 1 unspecified atom stereocenters. The van der Waals surface area contributed by atoms with Crippen molar-refractivity contribution in [3.05, 3.63) is 51.0 Å². The Morgan fingerprint density at radius 1 is 1.33 bits per heavy atom. The Hall–Kier alpha value is -1.19. The number of thiazole rings is 1. The van der Waals surface area contributed by atoms with Crippen LogP contribution in [-0.2, 0) is 12.8 Å². The zero-order chi connectivity index (χ0) is 12.5. The maximum absolute atomic E-state index is 4.64. The van der Waals surface area contributed by atoms with E-state index < -0.39 is 0 Å². The third-order valence-electron chi connectivity index (χ3n) is 3.53. The van der Waals surface area contributed by atoms with Crippen molar-refractivity contribution in [3.8, 4) is 0 Å². The number of aryl methyl sites for hydroxylation is 2. The summed E-state index contributed by atoms with van der Waals surface area (Å²) >= 11 is 1.83. The highest BCUT2D eigenvalue weighted by atomic mass is 32.1. The topological polar surface area (TPSA) is 24.9 Å². The summed E-state index contributed by atoms with van der Waals surface area (Å²) in [5.41, 5.74) is 4.05. The standard InChI is InChI=1S/C15H18N2S/c1-3-11-4-6-12(7-5-11)14-15-13(8-9-16-14)17-10(2)18-15/h4-7,14,16H,3,8-9H2,1-2H3. The van der Waals surface area contributed by atoms with Crippen LogP contribution in [0.2, 0.25) is 0 Å². The molecule has 1 aromatic heterocycles. The van der Waals surface area contributed by atoms with Crippen LogP contribution >= 0.6 is 11.3 Å². The zero-order valence-electron chi connectivity index (χ0n) is 10.9. The smallest absolute Gasteiger partial charge is 0.0900 e. The van der Waals surface area contributed by atoms with Gasteiger partial charge in [0.2, 0.25) is 0 Å². The molecule has 0 spiro atoms. The van der Waals surface area contributed by atoms with E-state index in [1.807, 2.05) is 11.3 Å². The summed E-state index contributed by atoms with van der Waals surface area (Å²) in [5, 5.41) is 4.79. The summed E-state index contributed by atoms with van der Waals surface area (Å²) in [7, 11) is 0. The van der Waals surface area contributed by atoms with E-state index in [4.69, 9.17) is 0 Å². The highest BCUT2D eigenvalue weighted by molar-refractivity contribution is 7.11. The Morgan fingerprint density at radius 3 is 2.83 bits per heavy atom. The third kappa shape index (κ3) is 2.08.